The Morgan fingerprint density at radius 2 is 2.36 bits per heavy atom. The van der Waals surface area contributed by atoms with Crippen molar-refractivity contribution in [1.29, 1.82) is 0 Å². The summed E-state index contributed by atoms with van der Waals surface area (Å²) >= 11 is 0. The van der Waals surface area contributed by atoms with Crippen LogP contribution in [0.2, 0.25) is 0 Å². The highest BCUT2D eigenvalue weighted by atomic mass is 16.6. The molecule has 2 rings (SSSR count). The number of nitrogens with zero attached hydrogens (tertiary/aromatic N) is 3. The van der Waals surface area contributed by atoms with E-state index in [1.54, 1.807) is 27.4 Å². The molecule has 0 saturated carbocycles. The third kappa shape index (κ3) is 5.01. The topological polar surface area (TPSA) is 57.2 Å². The van der Waals surface area contributed by atoms with E-state index < -0.39 is 6.09 Å². The first-order chi connectivity index (χ1) is 12.2. The van der Waals surface area contributed by atoms with Crippen molar-refractivity contribution in [2.75, 3.05) is 43.6 Å². The van der Waals surface area contributed by atoms with E-state index >= 15 is 0 Å². The number of anilines is 2. The van der Waals surface area contributed by atoms with Gasteiger partial charge < -0.3 is 15.0 Å². The number of hydrogen-bond acceptors (Lipinski definition) is 4. The maximum atomic E-state index is 12.1. The molecule has 0 bridgehead atoms. The van der Waals surface area contributed by atoms with Crippen LogP contribution in [-0.4, -0.2) is 46.2 Å². The van der Waals surface area contributed by atoms with Crippen LogP contribution in [-0.2, 0) is 11.2 Å². The first kappa shape index (κ1) is 18.4. The van der Waals surface area contributed by atoms with E-state index in [-0.39, 0.29) is 6.61 Å². The van der Waals surface area contributed by atoms with Gasteiger partial charge in [0.1, 0.15) is 0 Å². The second kappa shape index (κ2) is 9.38. The zero-order valence-electron chi connectivity index (χ0n) is 15.0. The van der Waals surface area contributed by atoms with Gasteiger partial charge in [-0.15, -0.1) is 5.92 Å². The summed E-state index contributed by atoms with van der Waals surface area (Å²) in [5.74, 6) is 5.42. The van der Waals surface area contributed by atoms with Gasteiger partial charge in [-0.3, -0.25) is 9.89 Å². The van der Waals surface area contributed by atoms with E-state index in [1.807, 2.05) is 24.4 Å². The van der Waals surface area contributed by atoms with Crippen molar-refractivity contribution in [3.05, 3.63) is 36.0 Å². The first-order valence-corrected chi connectivity index (χ1v) is 8.17. The highest BCUT2D eigenvalue weighted by Crippen LogP contribution is 2.31. The van der Waals surface area contributed by atoms with Gasteiger partial charge in [-0.2, -0.15) is 0 Å². The summed E-state index contributed by atoms with van der Waals surface area (Å²) in [6.45, 7) is 3.58. The van der Waals surface area contributed by atoms with Crippen molar-refractivity contribution in [1.82, 2.24) is 5.32 Å². The van der Waals surface area contributed by atoms with Crippen LogP contribution in [0.25, 0.3) is 0 Å². The molecule has 1 heterocycles. The van der Waals surface area contributed by atoms with Crippen molar-refractivity contribution < 1.29 is 9.53 Å². The van der Waals surface area contributed by atoms with Crippen molar-refractivity contribution >= 4 is 23.8 Å². The van der Waals surface area contributed by atoms with Gasteiger partial charge in [0.05, 0.1) is 6.34 Å². The van der Waals surface area contributed by atoms with E-state index in [0.717, 1.165) is 30.9 Å². The lowest BCUT2D eigenvalue weighted by Gasteiger charge is -2.21. The number of ether oxygens (including phenoxy) is 1. The van der Waals surface area contributed by atoms with Crippen molar-refractivity contribution in [3.63, 3.8) is 0 Å². The molecule has 0 unspecified atom stereocenters. The van der Waals surface area contributed by atoms with E-state index in [1.165, 1.54) is 10.5 Å². The summed E-state index contributed by atoms with van der Waals surface area (Å²) in [4.78, 5) is 19.7. The van der Waals surface area contributed by atoms with E-state index in [9.17, 15) is 4.79 Å². The summed E-state index contributed by atoms with van der Waals surface area (Å²) in [6, 6.07) is 6.06. The second-order valence-corrected chi connectivity index (χ2v) is 5.51. The lowest BCUT2D eigenvalue weighted by molar-refractivity contribution is 0.169. The molecule has 132 valence electrons. The van der Waals surface area contributed by atoms with E-state index in [2.05, 4.69) is 33.1 Å². The highest BCUT2D eigenvalue weighted by Gasteiger charge is 2.20. The molecule has 1 aliphatic rings. The summed E-state index contributed by atoms with van der Waals surface area (Å²) in [7, 11) is 3.42. The molecule has 0 aromatic heterocycles. The maximum Gasteiger partial charge on any atom is 0.414 e. The lowest BCUT2D eigenvalue weighted by atomic mass is 10.1. The van der Waals surface area contributed by atoms with Crippen LogP contribution in [0.15, 0.2) is 35.5 Å². The van der Waals surface area contributed by atoms with Crippen molar-refractivity contribution in [2.24, 2.45) is 4.99 Å². The number of rotatable bonds is 6. The molecule has 0 atom stereocenters. The Kier molecular flexibility index (Phi) is 6.90. The number of carbonyl (C=O) groups excluding carboxylic acids is 1. The Morgan fingerprint density at radius 3 is 3.12 bits per heavy atom. The number of aliphatic imine (C=N–C) groups is 1. The molecule has 0 spiro atoms. The molecule has 1 N–H and O–H groups in total. The number of amides is 1. The van der Waals surface area contributed by atoms with Gasteiger partial charge >= 0.3 is 6.09 Å². The second-order valence-electron chi connectivity index (χ2n) is 5.51. The monoisotopic (exact) mass is 340 g/mol. The van der Waals surface area contributed by atoms with E-state index in [4.69, 9.17) is 4.74 Å². The average molecular weight is 340 g/mol. The molecule has 0 fully saturated rings. The van der Waals surface area contributed by atoms with Crippen molar-refractivity contribution in [3.8, 4) is 11.8 Å². The largest absolute Gasteiger partial charge is 0.436 e. The van der Waals surface area contributed by atoms with Gasteiger partial charge in [0, 0.05) is 38.6 Å². The third-order valence-electron chi connectivity index (χ3n) is 3.91. The summed E-state index contributed by atoms with van der Waals surface area (Å²) in [5.41, 5.74) is 3.25. The smallest absolute Gasteiger partial charge is 0.414 e. The van der Waals surface area contributed by atoms with Crippen LogP contribution in [0, 0.1) is 11.8 Å². The Labute approximate surface area is 149 Å². The minimum atomic E-state index is -0.407. The van der Waals surface area contributed by atoms with Crippen LogP contribution in [0.1, 0.15) is 12.5 Å². The van der Waals surface area contributed by atoms with Crippen LogP contribution in [0.4, 0.5) is 16.2 Å². The molecule has 6 heteroatoms. The van der Waals surface area contributed by atoms with Crippen LogP contribution in [0.3, 0.4) is 0 Å². The number of fused-ring (bicyclic) bond motifs is 1. The number of carbonyl (C=O) groups is 1. The van der Waals surface area contributed by atoms with E-state index in [0.29, 0.717) is 0 Å². The quantitative estimate of drug-likeness (QED) is 0.491. The Morgan fingerprint density at radius 1 is 1.52 bits per heavy atom. The molecule has 1 aliphatic heterocycles. The number of benzene rings is 1. The molecule has 0 radical (unpaired) electrons. The molecule has 1 aromatic carbocycles. The lowest BCUT2D eigenvalue weighted by Crippen LogP contribution is -2.27. The highest BCUT2D eigenvalue weighted by molar-refractivity contribution is 5.88. The zero-order chi connectivity index (χ0) is 18.1. The fourth-order valence-electron chi connectivity index (χ4n) is 2.57. The van der Waals surface area contributed by atoms with Gasteiger partial charge in [0.2, 0.25) is 0 Å². The first-order valence-electron chi connectivity index (χ1n) is 8.17. The SMILES string of the molecule is CC#CCOC(=O)N(C)c1ccc2c(c1)N(C/C=C/NC=NC)CC2. The van der Waals surface area contributed by atoms with Crippen LogP contribution < -0.4 is 15.1 Å². The summed E-state index contributed by atoms with van der Waals surface area (Å²) in [5, 5.41) is 2.97. The molecule has 1 amide bonds. The molecule has 0 aliphatic carbocycles. The number of hydrogen-bond donors (Lipinski definition) is 1. The zero-order valence-corrected chi connectivity index (χ0v) is 15.0. The fourth-order valence-corrected chi connectivity index (χ4v) is 2.57. The fraction of sp³-hybridized carbons (Fsp3) is 0.368. The van der Waals surface area contributed by atoms with Gasteiger partial charge in [-0.25, -0.2) is 4.79 Å². The predicted octanol–water partition coefficient (Wildman–Crippen LogP) is 2.41. The predicted molar refractivity (Wildman–Crippen MR) is 102 cm³/mol. The molecular weight excluding hydrogens is 316 g/mol. The van der Waals surface area contributed by atoms with Crippen molar-refractivity contribution in [2.45, 2.75) is 13.3 Å². The normalized spacial score (nSPS) is 12.8. The summed E-state index contributed by atoms with van der Waals surface area (Å²) < 4.78 is 5.12. The molecule has 25 heavy (non-hydrogen) atoms. The Balaban J connectivity index is 2.04. The molecule has 0 saturated heterocycles. The van der Waals surface area contributed by atoms with Gasteiger partial charge in [-0.1, -0.05) is 12.0 Å². The maximum absolute atomic E-state index is 12.1. The molecular formula is C19H24N4O2. The average Bonchev–Trinajstić information content (AvgIpc) is 3.03. The third-order valence-corrected chi connectivity index (χ3v) is 3.91. The van der Waals surface area contributed by atoms with Crippen LogP contribution in [0.5, 0.6) is 0 Å². The van der Waals surface area contributed by atoms with Gasteiger partial charge in [0.15, 0.2) is 6.61 Å². The molecule has 1 aromatic rings. The minimum absolute atomic E-state index is 0.107. The van der Waals surface area contributed by atoms with Crippen LogP contribution >= 0.6 is 0 Å². The van der Waals surface area contributed by atoms with Gasteiger partial charge in [0.25, 0.3) is 0 Å². The van der Waals surface area contributed by atoms with Gasteiger partial charge in [-0.05, 0) is 43.3 Å². The number of nitrogens with one attached hydrogen (secondary N) is 1. The molecule has 6 nitrogen and oxygen atoms in total. The standard InChI is InChI=1S/C19H24N4O2/c1-4-5-13-25-19(24)22(3)17-8-7-16-9-12-23(18(16)14-17)11-6-10-21-15-20-2/h6-8,10,14-15H,9,11-13H2,1-3H3,(H,20,21)/b10-6+. The summed E-state index contributed by atoms with van der Waals surface area (Å²) in [6.07, 6.45) is 6.15. The Bertz CT molecular complexity index is 716. The minimum Gasteiger partial charge on any atom is -0.436 e. The Hall–Kier alpha value is -2.94.